The fourth-order valence-corrected chi connectivity index (χ4v) is 2.01. The monoisotopic (exact) mass is 371 g/mol. The zero-order valence-electron chi connectivity index (χ0n) is 9.71. The lowest BCUT2D eigenvalue weighted by molar-refractivity contribution is 0.102. The average Bonchev–Trinajstić information content (AvgIpc) is 2.35. The molecule has 0 atom stereocenters. The van der Waals surface area contributed by atoms with E-state index < -0.39 is 0 Å². The Morgan fingerprint density at radius 3 is 2.44 bits per heavy atom. The second kappa shape index (κ2) is 5.71. The first-order valence-corrected chi connectivity index (χ1v) is 6.85. The maximum Gasteiger partial charge on any atom is 0.255 e. The fraction of sp³-hybridized carbons (Fsp3) is 0.0714. The molecule has 2 aromatic rings. The molecular formula is C14H11ClINO. The lowest BCUT2D eigenvalue weighted by Crippen LogP contribution is -2.11. The van der Waals surface area contributed by atoms with Crippen molar-refractivity contribution in [2.45, 2.75) is 6.92 Å². The molecule has 0 spiro atoms. The third kappa shape index (κ3) is 3.23. The Labute approximate surface area is 124 Å². The van der Waals surface area contributed by atoms with E-state index in [1.807, 2.05) is 37.3 Å². The largest absolute Gasteiger partial charge is 0.322 e. The van der Waals surface area contributed by atoms with Crippen LogP contribution in [0.1, 0.15) is 15.9 Å². The summed E-state index contributed by atoms with van der Waals surface area (Å²) in [6.45, 7) is 1.91. The van der Waals surface area contributed by atoms with E-state index in [0.717, 1.165) is 14.8 Å². The first kappa shape index (κ1) is 13.4. The number of rotatable bonds is 2. The molecule has 0 saturated heterocycles. The third-order valence-electron chi connectivity index (χ3n) is 2.54. The average molecular weight is 372 g/mol. The minimum atomic E-state index is -0.155. The molecule has 2 nitrogen and oxygen atoms in total. The van der Waals surface area contributed by atoms with Crippen molar-refractivity contribution in [1.29, 1.82) is 0 Å². The molecule has 1 N–H and O–H groups in total. The molecule has 18 heavy (non-hydrogen) atoms. The lowest BCUT2D eigenvalue weighted by Gasteiger charge is -2.06. The normalized spacial score (nSPS) is 10.2. The number of benzene rings is 2. The summed E-state index contributed by atoms with van der Waals surface area (Å²) < 4.78 is 1.13. The van der Waals surface area contributed by atoms with Crippen LogP contribution in [0.5, 0.6) is 0 Å². The Morgan fingerprint density at radius 2 is 1.83 bits per heavy atom. The Hall–Kier alpha value is -1.07. The van der Waals surface area contributed by atoms with E-state index in [9.17, 15) is 4.79 Å². The van der Waals surface area contributed by atoms with E-state index in [4.69, 9.17) is 11.6 Å². The number of hydrogen-bond donors (Lipinski definition) is 1. The molecule has 0 heterocycles. The molecule has 0 saturated carbocycles. The molecule has 0 aliphatic carbocycles. The topological polar surface area (TPSA) is 29.1 Å². The lowest BCUT2D eigenvalue weighted by atomic mass is 10.1. The predicted molar refractivity (Wildman–Crippen MR) is 83.3 cm³/mol. The van der Waals surface area contributed by atoms with Crippen LogP contribution >= 0.6 is 34.2 Å². The van der Waals surface area contributed by atoms with E-state index in [-0.39, 0.29) is 5.91 Å². The third-order valence-corrected chi connectivity index (χ3v) is 3.66. The van der Waals surface area contributed by atoms with Crippen LogP contribution in [-0.2, 0) is 0 Å². The highest BCUT2D eigenvalue weighted by atomic mass is 127. The van der Waals surface area contributed by atoms with Crippen molar-refractivity contribution < 1.29 is 4.79 Å². The van der Waals surface area contributed by atoms with Crippen molar-refractivity contribution in [3.63, 3.8) is 0 Å². The van der Waals surface area contributed by atoms with E-state index in [2.05, 4.69) is 27.9 Å². The summed E-state index contributed by atoms with van der Waals surface area (Å²) in [7, 11) is 0. The van der Waals surface area contributed by atoms with Gasteiger partial charge in [0.2, 0.25) is 0 Å². The van der Waals surface area contributed by atoms with Crippen LogP contribution < -0.4 is 5.32 Å². The van der Waals surface area contributed by atoms with Crippen LogP contribution in [0.3, 0.4) is 0 Å². The molecule has 0 aromatic heterocycles. The number of aryl methyl sites for hydroxylation is 1. The van der Waals surface area contributed by atoms with Gasteiger partial charge in [0.25, 0.3) is 5.91 Å². The first-order valence-electron chi connectivity index (χ1n) is 5.39. The number of amides is 1. The Balaban J connectivity index is 2.16. The van der Waals surface area contributed by atoms with Crippen molar-refractivity contribution >= 4 is 45.8 Å². The van der Waals surface area contributed by atoms with Gasteiger partial charge in [-0.15, -0.1) is 0 Å². The summed E-state index contributed by atoms with van der Waals surface area (Å²) in [6, 6.07) is 12.9. The zero-order valence-corrected chi connectivity index (χ0v) is 12.6. The maximum atomic E-state index is 12.0. The van der Waals surface area contributed by atoms with E-state index >= 15 is 0 Å². The van der Waals surface area contributed by atoms with Crippen molar-refractivity contribution in [3.05, 3.63) is 62.2 Å². The summed E-state index contributed by atoms with van der Waals surface area (Å²) in [4.78, 5) is 12.0. The van der Waals surface area contributed by atoms with Gasteiger partial charge in [0.15, 0.2) is 0 Å². The van der Waals surface area contributed by atoms with E-state index in [1.54, 1.807) is 12.1 Å². The van der Waals surface area contributed by atoms with Crippen LogP contribution in [0.25, 0.3) is 0 Å². The van der Waals surface area contributed by atoms with Crippen molar-refractivity contribution in [2.75, 3.05) is 5.32 Å². The standard InChI is InChI=1S/C14H11ClINO/c1-9-2-3-10(8-13(9)15)14(18)17-12-6-4-11(16)5-7-12/h2-8H,1H3,(H,17,18). The highest BCUT2D eigenvalue weighted by Crippen LogP contribution is 2.18. The number of carbonyl (C=O) groups excluding carboxylic acids is 1. The molecule has 4 heteroatoms. The molecule has 1 amide bonds. The molecule has 92 valence electrons. The number of hydrogen-bond acceptors (Lipinski definition) is 1. The van der Waals surface area contributed by atoms with Gasteiger partial charge in [-0.05, 0) is 71.5 Å². The second-order valence-electron chi connectivity index (χ2n) is 3.92. The Morgan fingerprint density at radius 1 is 1.17 bits per heavy atom. The number of halogens is 2. The van der Waals surface area contributed by atoms with Gasteiger partial charge >= 0.3 is 0 Å². The quantitative estimate of drug-likeness (QED) is 0.774. The maximum absolute atomic E-state index is 12.0. The predicted octanol–water partition coefficient (Wildman–Crippen LogP) is 4.51. The summed E-state index contributed by atoms with van der Waals surface area (Å²) in [5.41, 5.74) is 2.30. The fourth-order valence-electron chi connectivity index (χ4n) is 1.47. The van der Waals surface area contributed by atoms with Gasteiger partial charge in [-0.25, -0.2) is 0 Å². The SMILES string of the molecule is Cc1ccc(C(=O)Nc2ccc(I)cc2)cc1Cl. The molecule has 0 fully saturated rings. The summed E-state index contributed by atoms with van der Waals surface area (Å²) in [5, 5.41) is 3.43. The smallest absolute Gasteiger partial charge is 0.255 e. The van der Waals surface area contributed by atoms with Crippen molar-refractivity contribution in [3.8, 4) is 0 Å². The molecule has 0 unspecified atom stereocenters. The van der Waals surface area contributed by atoms with Crippen LogP contribution in [0.15, 0.2) is 42.5 Å². The number of carbonyl (C=O) groups is 1. The minimum Gasteiger partial charge on any atom is -0.322 e. The van der Waals surface area contributed by atoms with Gasteiger partial charge in [-0.2, -0.15) is 0 Å². The first-order chi connectivity index (χ1) is 8.56. The minimum absolute atomic E-state index is 0.155. The van der Waals surface area contributed by atoms with Gasteiger partial charge in [-0.1, -0.05) is 17.7 Å². The van der Waals surface area contributed by atoms with E-state index in [1.165, 1.54) is 0 Å². The molecule has 2 aromatic carbocycles. The summed E-state index contributed by atoms with van der Waals surface area (Å²) in [5.74, 6) is -0.155. The molecule has 0 aliphatic rings. The van der Waals surface area contributed by atoms with Crippen LogP contribution in [0, 0.1) is 10.5 Å². The molecular weight excluding hydrogens is 361 g/mol. The van der Waals surface area contributed by atoms with E-state index in [0.29, 0.717) is 10.6 Å². The van der Waals surface area contributed by atoms with Crippen molar-refractivity contribution in [2.24, 2.45) is 0 Å². The van der Waals surface area contributed by atoms with Gasteiger partial charge in [0, 0.05) is 19.8 Å². The summed E-state index contributed by atoms with van der Waals surface area (Å²) in [6.07, 6.45) is 0. The number of nitrogens with one attached hydrogen (secondary N) is 1. The molecule has 0 bridgehead atoms. The second-order valence-corrected chi connectivity index (χ2v) is 5.58. The van der Waals surface area contributed by atoms with Gasteiger partial charge in [0.05, 0.1) is 0 Å². The molecule has 0 radical (unpaired) electrons. The zero-order chi connectivity index (χ0) is 13.1. The Kier molecular flexibility index (Phi) is 4.24. The van der Waals surface area contributed by atoms with Crippen LogP contribution in [0.4, 0.5) is 5.69 Å². The van der Waals surface area contributed by atoms with Crippen LogP contribution in [-0.4, -0.2) is 5.91 Å². The van der Waals surface area contributed by atoms with Crippen LogP contribution in [0.2, 0.25) is 5.02 Å². The summed E-state index contributed by atoms with van der Waals surface area (Å²) >= 11 is 8.22. The highest BCUT2D eigenvalue weighted by molar-refractivity contribution is 14.1. The Bertz CT molecular complexity index is 581. The number of anilines is 1. The van der Waals surface area contributed by atoms with Gasteiger partial charge < -0.3 is 5.32 Å². The highest BCUT2D eigenvalue weighted by Gasteiger charge is 2.07. The van der Waals surface area contributed by atoms with Gasteiger partial charge in [0.1, 0.15) is 0 Å². The molecule has 0 aliphatic heterocycles. The van der Waals surface area contributed by atoms with Gasteiger partial charge in [-0.3, -0.25) is 4.79 Å². The van der Waals surface area contributed by atoms with Crippen molar-refractivity contribution in [1.82, 2.24) is 0 Å². The molecule has 2 rings (SSSR count).